The van der Waals surface area contributed by atoms with Crippen LogP contribution in [-0.4, -0.2) is 25.4 Å². The fourth-order valence-corrected chi connectivity index (χ4v) is 1.17. The van der Waals surface area contributed by atoms with Crippen molar-refractivity contribution in [3.63, 3.8) is 0 Å². The van der Waals surface area contributed by atoms with Crippen molar-refractivity contribution >= 4 is 0 Å². The highest BCUT2D eigenvalue weighted by Crippen LogP contribution is 2.18. The van der Waals surface area contributed by atoms with E-state index in [9.17, 15) is 5.11 Å². The highest BCUT2D eigenvalue weighted by atomic mass is 16.5. The van der Waals surface area contributed by atoms with Crippen molar-refractivity contribution in [3.05, 3.63) is 29.8 Å². The van der Waals surface area contributed by atoms with Gasteiger partial charge in [-0.1, -0.05) is 12.1 Å². The molecule has 3 heteroatoms. The van der Waals surface area contributed by atoms with Gasteiger partial charge in [-0.3, -0.25) is 0 Å². The number of aliphatic hydroxyl groups is 1. The van der Waals surface area contributed by atoms with E-state index < -0.39 is 6.10 Å². The van der Waals surface area contributed by atoms with Crippen molar-refractivity contribution in [2.24, 2.45) is 0 Å². The van der Waals surface area contributed by atoms with Crippen LogP contribution in [0.5, 0.6) is 5.75 Å². The predicted octanol–water partition coefficient (Wildman–Crippen LogP) is 1.77. The van der Waals surface area contributed by atoms with Crippen LogP contribution < -0.4 is 4.74 Å². The molecule has 0 bridgehead atoms. The van der Waals surface area contributed by atoms with Crippen LogP contribution in [0.25, 0.3) is 0 Å². The Balaban J connectivity index is 2.64. The van der Waals surface area contributed by atoms with Gasteiger partial charge in [-0.2, -0.15) is 0 Å². The standard InChI is InChI=1S/C11H16O3/c1-3-14-8-11(12)9-5-4-6-10(7-9)13-2/h4-7,11-12H,3,8H2,1-2H3. The minimum Gasteiger partial charge on any atom is -0.497 e. The zero-order valence-electron chi connectivity index (χ0n) is 8.56. The van der Waals surface area contributed by atoms with E-state index in [2.05, 4.69) is 0 Å². The molecule has 1 atom stereocenters. The van der Waals surface area contributed by atoms with Gasteiger partial charge in [0, 0.05) is 6.61 Å². The first kappa shape index (κ1) is 11.0. The molecule has 0 aliphatic heterocycles. The van der Waals surface area contributed by atoms with E-state index in [1.54, 1.807) is 7.11 Å². The van der Waals surface area contributed by atoms with E-state index in [-0.39, 0.29) is 0 Å². The van der Waals surface area contributed by atoms with Gasteiger partial charge in [0.2, 0.25) is 0 Å². The van der Waals surface area contributed by atoms with E-state index in [0.717, 1.165) is 11.3 Å². The number of hydrogen-bond acceptors (Lipinski definition) is 3. The Morgan fingerprint density at radius 2 is 2.21 bits per heavy atom. The summed E-state index contributed by atoms with van der Waals surface area (Å²) in [4.78, 5) is 0. The molecule has 0 fully saturated rings. The molecule has 14 heavy (non-hydrogen) atoms. The van der Waals surface area contributed by atoms with Crippen molar-refractivity contribution in [1.82, 2.24) is 0 Å². The molecule has 0 spiro atoms. The van der Waals surface area contributed by atoms with E-state index in [1.807, 2.05) is 31.2 Å². The van der Waals surface area contributed by atoms with Crippen LogP contribution in [0.1, 0.15) is 18.6 Å². The van der Waals surface area contributed by atoms with Gasteiger partial charge in [0.15, 0.2) is 0 Å². The summed E-state index contributed by atoms with van der Waals surface area (Å²) in [6.45, 7) is 2.84. The van der Waals surface area contributed by atoms with Gasteiger partial charge >= 0.3 is 0 Å². The molecule has 0 aliphatic rings. The Labute approximate surface area is 84.3 Å². The molecule has 0 amide bonds. The monoisotopic (exact) mass is 196 g/mol. The minimum absolute atomic E-state index is 0.323. The molecule has 1 N–H and O–H groups in total. The smallest absolute Gasteiger partial charge is 0.119 e. The van der Waals surface area contributed by atoms with Crippen LogP contribution in [0.4, 0.5) is 0 Å². The quantitative estimate of drug-likeness (QED) is 0.780. The van der Waals surface area contributed by atoms with Gasteiger partial charge < -0.3 is 14.6 Å². The number of benzene rings is 1. The molecule has 0 aliphatic carbocycles. The van der Waals surface area contributed by atoms with Gasteiger partial charge in [0.05, 0.1) is 13.7 Å². The maximum atomic E-state index is 9.69. The Morgan fingerprint density at radius 1 is 1.43 bits per heavy atom. The molecule has 3 nitrogen and oxygen atoms in total. The second kappa shape index (κ2) is 5.62. The molecule has 78 valence electrons. The molecule has 0 saturated carbocycles. The summed E-state index contributed by atoms with van der Waals surface area (Å²) in [6, 6.07) is 7.36. The van der Waals surface area contributed by atoms with Crippen molar-refractivity contribution in [2.45, 2.75) is 13.0 Å². The number of methoxy groups -OCH3 is 1. The summed E-state index contributed by atoms with van der Waals surface area (Å²) < 4.78 is 10.2. The molecule has 0 aromatic heterocycles. The van der Waals surface area contributed by atoms with Crippen LogP contribution in [0.2, 0.25) is 0 Å². The highest BCUT2D eigenvalue weighted by Gasteiger charge is 2.07. The van der Waals surface area contributed by atoms with Crippen LogP contribution >= 0.6 is 0 Å². The second-order valence-corrected chi connectivity index (χ2v) is 2.95. The molecule has 1 aromatic carbocycles. The van der Waals surface area contributed by atoms with Crippen LogP contribution in [0, 0.1) is 0 Å². The lowest BCUT2D eigenvalue weighted by molar-refractivity contribution is 0.0419. The van der Waals surface area contributed by atoms with Gasteiger partial charge in [0.25, 0.3) is 0 Å². The van der Waals surface area contributed by atoms with Crippen molar-refractivity contribution < 1.29 is 14.6 Å². The Morgan fingerprint density at radius 3 is 2.86 bits per heavy atom. The zero-order chi connectivity index (χ0) is 10.4. The molecule has 1 unspecified atom stereocenters. The van der Waals surface area contributed by atoms with Crippen LogP contribution in [0.3, 0.4) is 0 Å². The average molecular weight is 196 g/mol. The normalized spacial score (nSPS) is 12.5. The van der Waals surface area contributed by atoms with E-state index >= 15 is 0 Å². The predicted molar refractivity (Wildman–Crippen MR) is 54.4 cm³/mol. The summed E-state index contributed by atoms with van der Waals surface area (Å²) >= 11 is 0. The highest BCUT2D eigenvalue weighted by molar-refractivity contribution is 5.29. The lowest BCUT2D eigenvalue weighted by atomic mass is 10.1. The van der Waals surface area contributed by atoms with Crippen LogP contribution in [-0.2, 0) is 4.74 Å². The first-order valence-electron chi connectivity index (χ1n) is 4.67. The lowest BCUT2D eigenvalue weighted by Gasteiger charge is -2.11. The van der Waals surface area contributed by atoms with Gasteiger partial charge in [-0.15, -0.1) is 0 Å². The molecule has 1 aromatic rings. The fraction of sp³-hybridized carbons (Fsp3) is 0.455. The summed E-state index contributed by atoms with van der Waals surface area (Å²) in [7, 11) is 1.61. The maximum absolute atomic E-state index is 9.69. The molecular weight excluding hydrogens is 180 g/mol. The largest absolute Gasteiger partial charge is 0.497 e. The average Bonchev–Trinajstić information content (AvgIpc) is 2.26. The number of aliphatic hydroxyl groups excluding tert-OH is 1. The molecule has 0 radical (unpaired) electrons. The summed E-state index contributed by atoms with van der Waals surface area (Å²) in [5.74, 6) is 0.748. The Bertz CT molecular complexity index is 273. The molecule has 0 saturated heterocycles. The lowest BCUT2D eigenvalue weighted by Crippen LogP contribution is -2.06. The zero-order valence-corrected chi connectivity index (χ0v) is 8.56. The SMILES string of the molecule is CCOCC(O)c1cccc(OC)c1. The molecule has 1 rings (SSSR count). The topological polar surface area (TPSA) is 38.7 Å². The van der Waals surface area contributed by atoms with Gasteiger partial charge in [0.1, 0.15) is 11.9 Å². The van der Waals surface area contributed by atoms with Crippen molar-refractivity contribution in [2.75, 3.05) is 20.3 Å². The fourth-order valence-electron chi connectivity index (χ4n) is 1.17. The summed E-state index contributed by atoms with van der Waals surface area (Å²) in [5, 5.41) is 9.69. The van der Waals surface area contributed by atoms with Crippen molar-refractivity contribution in [1.29, 1.82) is 0 Å². The van der Waals surface area contributed by atoms with Crippen molar-refractivity contribution in [3.8, 4) is 5.75 Å². The van der Waals surface area contributed by atoms with Crippen LogP contribution in [0.15, 0.2) is 24.3 Å². The third-order valence-electron chi connectivity index (χ3n) is 1.96. The Kier molecular flexibility index (Phi) is 4.43. The molecule has 0 heterocycles. The first-order valence-corrected chi connectivity index (χ1v) is 4.67. The molecular formula is C11H16O3. The van der Waals surface area contributed by atoms with E-state index in [1.165, 1.54) is 0 Å². The summed E-state index contributed by atoms with van der Waals surface area (Å²) in [6.07, 6.45) is -0.579. The third-order valence-corrected chi connectivity index (χ3v) is 1.96. The second-order valence-electron chi connectivity index (χ2n) is 2.95. The number of ether oxygens (including phenoxy) is 2. The van der Waals surface area contributed by atoms with E-state index in [0.29, 0.717) is 13.2 Å². The first-order chi connectivity index (χ1) is 6.77. The van der Waals surface area contributed by atoms with Gasteiger partial charge in [-0.25, -0.2) is 0 Å². The third kappa shape index (κ3) is 3.01. The summed E-state index contributed by atoms with van der Waals surface area (Å²) in [5.41, 5.74) is 0.817. The minimum atomic E-state index is -0.579. The Hall–Kier alpha value is -1.06. The van der Waals surface area contributed by atoms with E-state index in [4.69, 9.17) is 9.47 Å². The number of hydrogen-bond donors (Lipinski definition) is 1. The maximum Gasteiger partial charge on any atom is 0.119 e. The van der Waals surface area contributed by atoms with Gasteiger partial charge in [-0.05, 0) is 24.6 Å². The number of rotatable bonds is 5.